The Kier molecular flexibility index (Phi) is 5.77. The van der Waals surface area contributed by atoms with E-state index in [9.17, 15) is 4.79 Å². The number of ether oxygens (including phenoxy) is 1. The zero-order chi connectivity index (χ0) is 9.56. The lowest BCUT2D eigenvalue weighted by atomic mass is 9.88. The van der Waals surface area contributed by atoms with E-state index in [2.05, 4.69) is 20.8 Å². The standard InChI is InChI=1S/C10H20O2/c1-5-7-9(8(3)6-2)10(11)12-4/h8-9H,5-7H2,1-4H3. The Bertz CT molecular complexity index is 132. The second-order valence-electron chi connectivity index (χ2n) is 3.30. The lowest BCUT2D eigenvalue weighted by molar-refractivity contribution is -0.147. The van der Waals surface area contributed by atoms with Crippen molar-refractivity contribution < 1.29 is 9.53 Å². The van der Waals surface area contributed by atoms with E-state index in [-0.39, 0.29) is 11.9 Å². The lowest BCUT2D eigenvalue weighted by Gasteiger charge is -2.19. The van der Waals surface area contributed by atoms with Gasteiger partial charge in [0.1, 0.15) is 0 Å². The lowest BCUT2D eigenvalue weighted by Crippen LogP contribution is -2.22. The maximum absolute atomic E-state index is 11.3. The molecule has 0 fully saturated rings. The van der Waals surface area contributed by atoms with Crippen LogP contribution in [0.1, 0.15) is 40.0 Å². The summed E-state index contributed by atoms with van der Waals surface area (Å²) < 4.78 is 4.75. The van der Waals surface area contributed by atoms with Crippen molar-refractivity contribution >= 4 is 5.97 Å². The summed E-state index contributed by atoms with van der Waals surface area (Å²) in [5.74, 6) is 0.494. The van der Waals surface area contributed by atoms with Crippen molar-refractivity contribution in [3.63, 3.8) is 0 Å². The van der Waals surface area contributed by atoms with Gasteiger partial charge in [0.25, 0.3) is 0 Å². The third-order valence-electron chi connectivity index (χ3n) is 2.43. The molecule has 0 rings (SSSR count). The Balaban J connectivity index is 4.11. The number of carbonyl (C=O) groups excluding carboxylic acids is 1. The molecule has 0 heterocycles. The number of hydrogen-bond donors (Lipinski definition) is 0. The Hall–Kier alpha value is -0.530. The summed E-state index contributed by atoms with van der Waals surface area (Å²) in [4.78, 5) is 11.3. The smallest absolute Gasteiger partial charge is 0.308 e. The SMILES string of the molecule is CCCC(C(=O)OC)C(C)CC. The van der Waals surface area contributed by atoms with Crippen LogP contribution in [0.25, 0.3) is 0 Å². The van der Waals surface area contributed by atoms with Gasteiger partial charge in [0.15, 0.2) is 0 Å². The minimum atomic E-state index is -0.0498. The molecule has 0 aliphatic heterocycles. The predicted molar refractivity (Wildman–Crippen MR) is 49.9 cm³/mol. The molecule has 0 saturated heterocycles. The number of hydrogen-bond acceptors (Lipinski definition) is 2. The Morgan fingerprint density at radius 1 is 1.42 bits per heavy atom. The molecule has 0 radical (unpaired) electrons. The van der Waals surface area contributed by atoms with Crippen LogP contribution in [0.3, 0.4) is 0 Å². The van der Waals surface area contributed by atoms with Gasteiger partial charge >= 0.3 is 5.97 Å². The van der Waals surface area contributed by atoms with Crippen molar-refractivity contribution in [3.8, 4) is 0 Å². The average molecular weight is 172 g/mol. The topological polar surface area (TPSA) is 26.3 Å². The van der Waals surface area contributed by atoms with Crippen LogP contribution in [-0.4, -0.2) is 13.1 Å². The van der Waals surface area contributed by atoms with Crippen LogP contribution in [0.15, 0.2) is 0 Å². The molecule has 0 saturated carbocycles. The van der Waals surface area contributed by atoms with Gasteiger partial charge in [-0.2, -0.15) is 0 Å². The van der Waals surface area contributed by atoms with E-state index >= 15 is 0 Å². The van der Waals surface area contributed by atoms with Crippen LogP contribution in [0, 0.1) is 11.8 Å². The molecule has 0 aromatic heterocycles. The van der Waals surface area contributed by atoms with E-state index in [4.69, 9.17) is 4.74 Å². The van der Waals surface area contributed by atoms with Crippen LogP contribution in [0.5, 0.6) is 0 Å². The fraction of sp³-hybridized carbons (Fsp3) is 0.900. The fourth-order valence-electron chi connectivity index (χ4n) is 1.38. The van der Waals surface area contributed by atoms with Crippen molar-refractivity contribution in [3.05, 3.63) is 0 Å². The number of carbonyl (C=O) groups is 1. The maximum Gasteiger partial charge on any atom is 0.308 e. The second kappa shape index (κ2) is 6.04. The average Bonchev–Trinajstić information content (AvgIpc) is 2.11. The first-order valence-corrected chi connectivity index (χ1v) is 4.75. The first-order chi connectivity index (χ1) is 5.67. The summed E-state index contributed by atoms with van der Waals surface area (Å²) in [5.41, 5.74) is 0. The van der Waals surface area contributed by atoms with E-state index in [0.717, 1.165) is 19.3 Å². The molecule has 0 N–H and O–H groups in total. The summed E-state index contributed by atoms with van der Waals surface area (Å²) >= 11 is 0. The molecular weight excluding hydrogens is 152 g/mol. The number of rotatable bonds is 5. The highest BCUT2D eigenvalue weighted by atomic mass is 16.5. The van der Waals surface area contributed by atoms with E-state index in [0.29, 0.717) is 5.92 Å². The molecule has 12 heavy (non-hydrogen) atoms. The molecule has 2 nitrogen and oxygen atoms in total. The monoisotopic (exact) mass is 172 g/mol. The Morgan fingerprint density at radius 2 is 2.00 bits per heavy atom. The zero-order valence-corrected chi connectivity index (χ0v) is 8.59. The largest absolute Gasteiger partial charge is 0.469 e. The third-order valence-corrected chi connectivity index (χ3v) is 2.43. The van der Waals surface area contributed by atoms with Gasteiger partial charge < -0.3 is 4.74 Å². The van der Waals surface area contributed by atoms with Crippen molar-refractivity contribution in [2.75, 3.05) is 7.11 Å². The minimum absolute atomic E-state index is 0.0498. The summed E-state index contributed by atoms with van der Waals surface area (Å²) in [6, 6.07) is 0. The molecule has 0 aliphatic carbocycles. The Morgan fingerprint density at radius 3 is 2.33 bits per heavy atom. The summed E-state index contributed by atoms with van der Waals surface area (Å²) in [7, 11) is 1.47. The molecule has 72 valence electrons. The van der Waals surface area contributed by atoms with Crippen LogP contribution in [0.4, 0.5) is 0 Å². The van der Waals surface area contributed by atoms with E-state index in [1.807, 2.05) is 0 Å². The molecule has 0 amide bonds. The van der Waals surface area contributed by atoms with Gasteiger partial charge in [-0.3, -0.25) is 4.79 Å². The molecule has 2 heteroatoms. The molecule has 2 atom stereocenters. The minimum Gasteiger partial charge on any atom is -0.469 e. The van der Waals surface area contributed by atoms with Crippen LogP contribution in [0.2, 0.25) is 0 Å². The molecule has 0 spiro atoms. The van der Waals surface area contributed by atoms with Gasteiger partial charge in [0.2, 0.25) is 0 Å². The fourth-order valence-corrected chi connectivity index (χ4v) is 1.38. The van der Waals surface area contributed by atoms with Crippen LogP contribution >= 0.6 is 0 Å². The quantitative estimate of drug-likeness (QED) is 0.596. The first-order valence-electron chi connectivity index (χ1n) is 4.75. The maximum atomic E-state index is 11.3. The van der Waals surface area contributed by atoms with E-state index < -0.39 is 0 Å². The van der Waals surface area contributed by atoms with Crippen LogP contribution < -0.4 is 0 Å². The molecular formula is C10H20O2. The van der Waals surface area contributed by atoms with Crippen molar-refractivity contribution in [1.82, 2.24) is 0 Å². The highest BCUT2D eigenvalue weighted by Crippen LogP contribution is 2.21. The molecule has 2 unspecified atom stereocenters. The van der Waals surface area contributed by atoms with E-state index in [1.165, 1.54) is 7.11 Å². The highest BCUT2D eigenvalue weighted by molar-refractivity contribution is 5.72. The van der Waals surface area contributed by atoms with Crippen LogP contribution in [-0.2, 0) is 9.53 Å². The summed E-state index contributed by atoms with van der Waals surface area (Å²) in [5, 5.41) is 0. The van der Waals surface area contributed by atoms with Crippen molar-refractivity contribution in [2.45, 2.75) is 40.0 Å². The molecule has 0 bridgehead atoms. The van der Waals surface area contributed by atoms with Crippen molar-refractivity contribution in [1.29, 1.82) is 0 Å². The van der Waals surface area contributed by atoms with Gasteiger partial charge in [-0.05, 0) is 12.3 Å². The molecule has 0 aliphatic rings. The van der Waals surface area contributed by atoms with Gasteiger partial charge in [0.05, 0.1) is 13.0 Å². The predicted octanol–water partition coefficient (Wildman–Crippen LogP) is 2.62. The van der Waals surface area contributed by atoms with E-state index in [1.54, 1.807) is 0 Å². The van der Waals surface area contributed by atoms with Crippen molar-refractivity contribution in [2.24, 2.45) is 11.8 Å². The third kappa shape index (κ3) is 3.24. The van der Waals surface area contributed by atoms with Gasteiger partial charge in [0, 0.05) is 0 Å². The molecule has 0 aromatic rings. The highest BCUT2D eigenvalue weighted by Gasteiger charge is 2.23. The number of esters is 1. The second-order valence-corrected chi connectivity index (χ2v) is 3.30. The first kappa shape index (κ1) is 11.5. The number of methoxy groups -OCH3 is 1. The van der Waals surface area contributed by atoms with Gasteiger partial charge in [-0.15, -0.1) is 0 Å². The molecule has 0 aromatic carbocycles. The Labute approximate surface area is 75.3 Å². The normalized spacial score (nSPS) is 15.3. The summed E-state index contributed by atoms with van der Waals surface area (Å²) in [6.07, 6.45) is 3.03. The van der Waals surface area contributed by atoms with Gasteiger partial charge in [-0.25, -0.2) is 0 Å². The zero-order valence-electron chi connectivity index (χ0n) is 8.59. The summed E-state index contributed by atoms with van der Waals surface area (Å²) in [6.45, 7) is 6.31. The van der Waals surface area contributed by atoms with Gasteiger partial charge in [-0.1, -0.05) is 33.6 Å².